The van der Waals surface area contributed by atoms with Gasteiger partial charge in [0.05, 0.1) is 14.2 Å². The summed E-state index contributed by atoms with van der Waals surface area (Å²) in [6.07, 6.45) is 0. The first kappa shape index (κ1) is 21.2. The summed E-state index contributed by atoms with van der Waals surface area (Å²) in [5.41, 5.74) is 0.969. The molecule has 1 fully saturated rings. The van der Waals surface area contributed by atoms with Crippen LogP contribution in [0.4, 0.5) is 0 Å². The third-order valence-corrected chi connectivity index (χ3v) is 7.24. The van der Waals surface area contributed by atoms with Gasteiger partial charge in [-0.2, -0.15) is 4.31 Å². The van der Waals surface area contributed by atoms with Gasteiger partial charge in [0.1, 0.15) is 16.4 Å². The summed E-state index contributed by atoms with van der Waals surface area (Å²) in [7, 11) is -0.737. The average molecular weight is 445 g/mol. The summed E-state index contributed by atoms with van der Waals surface area (Å²) >= 11 is 12.2. The van der Waals surface area contributed by atoms with Crippen molar-refractivity contribution in [3.05, 3.63) is 52.0 Å². The molecule has 2 aromatic carbocycles. The highest BCUT2D eigenvalue weighted by molar-refractivity contribution is 7.89. The van der Waals surface area contributed by atoms with E-state index < -0.39 is 10.0 Å². The summed E-state index contributed by atoms with van der Waals surface area (Å²) in [6.45, 7) is 2.61. The van der Waals surface area contributed by atoms with Crippen LogP contribution < -0.4 is 9.47 Å². The van der Waals surface area contributed by atoms with E-state index in [2.05, 4.69) is 4.90 Å². The van der Waals surface area contributed by atoms with Gasteiger partial charge >= 0.3 is 0 Å². The largest absolute Gasteiger partial charge is 0.497 e. The molecule has 0 spiro atoms. The van der Waals surface area contributed by atoms with E-state index in [1.807, 2.05) is 6.07 Å². The van der Waals surface area contributed by atoms with Gasteiger partial charge in [-0.3, -0.25) is 4.90 Å². The van der Waals surface area contributed by atoms with Crippen molar-refractivity contribution >= 4 is 33.2 Å². The van der Waals surface area contributed by atoms with Crippen LogP contribution in [0, 0.1) is 0 Å². The van der Waals surface area contributed by atoms with Crippen molar-refractivity contribution in [1.29, 1.82) is 0 Å². The zero-order valence-electron chi connectivity index (χ0n) is 15.7. The lowest BCUT2D eigenvalue weighted by Crippen LogP contribution is -2.48. The monoisotopic (exact) mass is 444 g/mol. The molecule has 0 unspecified atom stereocenters. The predicted octanol–water partition coefficient (Wildman–Crippen LogP) is 3.52. The lowest BCUT2D eigenvalue weighted by Gasteiger charge is -2.34. The Labute approximate surface area is 175 Å². The maximum absolute atomic E-state index is 13.1. The second-order valence-corrected chi connectivity index (χ2v) is 9.18. The van der Waals surface area contributed by atoms with Crippen LogP contribution in [0.15, 0.2) is 41.3 Å². The average Bonchev–Trinajstić information content (AvgIpc) is 2.70. The number of hydrogen-bond acceptors (Lipinski definition) is 5. The van der Waals surface area contributed by atoms with E-state index in [4.69, 9.17) is 32.7 Å². The number of benzene rings is 2. The minimum Gasteiger partial charge on any atom is -0.497 e. The number of nitrogens with zero attached hydrogens (tertiary/aromatic N) is 2. The number of methoxy groups -OCH3 is 2. The Morgan fingerprint density at radius 3 is 2.29 bits per heavy atom. The third-order valence-electron chi connectivity index (χ3n) is 4.73. The first-order valence-electron chi connectivity index (χ1n) is 8.73. The minimum atomic E-state index is -3.69. The Hall–Kier alpha value is -1.51. The molecule has 0 saturated carbocycles. The van der Waals surface area contributed by atoms with E-state index in [0.717, 1.165) is 5.56 Å². The highest BCUT2D eigenvalue weighted by Crippen LogP contribution is 2.31. The van der Waals surface area contributed by atoms with Gasteiger partial charge in [-0.1, -0.05) is 29.3 Å². The van der Waals surface area contributed by atoms with Gasteiger partial charge in [0.15, 0.2) is 0 Å². The van der Waals surface area contributed by atoms with E-state index in [-0.39, 0.29) is 4.90 Å². The first-order valence-corrected chi connectivity index (χ1v) is 10.9. The van der Waals surface area contributed by atoms with Crippen molar-refractivity contribution in [3.63, 3.8) is 0 Å². The summed E-state index contributed by atoms with van der Waals surface area (Å²) in [4.78, 5) is 2.28. The molecule has 1 saturated heterocycles. The Kier molecular flexibility index (Phi) is 6.73. The molecule has 1 aliphatic rings. The van der Waals surface area contributed by atoms with Gasteiger partial charge in [-0.15, -0.1) is 0 Å². The number of hydrogen-bond donors (Lipinski definition) is 0. The van der Waals surface area contributed by atoms with Crippen LogP contribution in [-0.4, -0.2) is 58.0 Å². The molecule has 0 amide bonds. The van der Waals surface area contributed by atoms with Gasteiger partial charge in [0.2, 0.25) is 10.0 Å². The summed E-state index contributed by atoms with van der Waals surface area (Å²) < 4.78 is 38.2. The Bertz CT molecular complexity index is 945. The molecule has 0 radical (unpaired) electrons. The van der Waals surface area contributed by atoms with E-state index in [1.165, 1.54) is 24.6 Å². The van der Waals surface area contributed by atoms with Gasteiger partial charge in [-0.25, -0.2) is 8.42 Å². The van der Waals surface area contributed by atoms with Crippen molar-refractivity contribution < 1.29 is 17.9 Å². The third kappa shape index (κ3) is 4.55. The number of rotatable bonds is 6. The van der Waals surface area contributed by atoms with Crippen LogP contribution in [0.1, 0.15) is 5.56 Å². The van der Waals surface area contributed by atoms with Crippen molar-refractivity contribution in [3.8, 4) is 11.5 Å². The molecule has 1 aliphatic heterocycles. The second-order valence-electron chi connectivity index (χ2n) is 6.43. The maximum atomic E-state index is 13.1. The quantitative estimate of drug-likeness (QED) is 0.681. The molecule has 0 aliphatic carbocycles. The van der Waals surface area contributed by atoms with Gasteiger partial charge in [0, 0.05) is 48.8 Å². The van der Waals surface area contributed by atoms with Crippen molar-refractivity contribution in [2.75, 3.05) is 40.4 Å². The van der Waals surface area contributed by atoms with E-state index in [0.29, 0.717) is 54.3 Å². The van der Waals surface area contributed by atoms with E-state index in [9.17, 15) is 8.42 Å². The summed E-state index contributed by atoms with van der Waals surface area (Å²) in [5, 5.41) is 1.21. The number of piperazine rings is 1. The molecule has 152 valence electrons. The van der Waals surface area contributed by atoms with Gasteiger partial charge in [-0.05, 0) is 29.8 Å². The highest BCUT2D eigenvalue weighted by Gasteiger charge is 2.31. The molecule has 2 aromatic rings. The number of sulfonamides is 1. The van der Waals surface area contributed by atoms with Gasteiger partial charge < -0.3 is 9.47 Å². The Morgan fingerprint density at radius 2 is 1.68 bits per heavy atom. The first-order chi connectivity index (χ1) is 13.3. The van der Waals surface area contributed by atoms with E-state index in [1.54, 1.807) is 24.3 Å². The topological polar surface area (TPSA) is 59.1 Å². The molecule has 0 atom stereocenters. The molecule has 0 N–H and O–H groups in total. The fraction of sp³-hybridized carbons (Fsp3) is 0.368. The second kappa shape index (κ2) is 8.88. The fourth-order valence-corrected chi connectivity index (χ4v) is 5.20. The van der Waals surface area contributed by atoms with Crippen LogP contribution in [0.3, 0.4) is 0 Å². The lowest BCUT2D eigenvalue weighted by atomic mass is 10.2. The lowest BCUT2D eigenvalue weighted by molar-refractivity contribution is 0.181. The molecule has 28 heavy (non-hydrogen) atoms. The zero-order chi connectivity index (χ0) is 20.3. The molecular weight excluding hydrogens is 423 g/mol. The summed E-state index contributed by atoms with van der Waals surface area (Å²) in [5.74, 6) is 0.770. The Morgan fingerprint density at radius 1 is 0.964 bits per heavy atom. The van der Waals surface area contributed by atoms with Crippen LogP contribution in [0.5, 0.6) is 11.5 Å². The standard InChI is InChI=1S/C19H22Cl2N2O4S/c1-26-16-5-6-18(27-2)19(12-16)28(24,25)23-9-7-22(8-10-23)13-14-3-4-15(20)11-17(14)21/h3-6,11-12H,7-10,13H2,1-2H3. The molecule has 1 heterocycles. The highest BCUT2D eigenvalue weighted by atomic mass is 35.5. The van der Waals surface area contributed by atoms with Crippen LogP contribution >= 0.6 is 23.2 Å². The normalized spacial score (nSPS) is 16.1. The molecular formula is C19H22Cl2N2O4S. The molecule has 0 bridgehead atoms. The molecule has 9 heteroatoms. The minimum absolute atomic E-state index is 0.114. The molecule has 0 aromatic heterocycles. The van der Waals surface area contributed by atoms with Crippen molar-refractivity contribution in [2.45, 2.75) is 11.4 Å². The summed E-state index contributed by atoms with van der Waals surface area (Å²) in [6, 6.07) is 10.2. The predicted molar refractivity (Wildman–Crippen MR) is 110 cm³/mol. The maximum Gasteiger partial charge on any atom is 0.246 e. The van der Waals surface area contributed by atoms with Gasteiger partial charge in [0.25, 0.3) is 0 Å². The zero-order valence-corrected chi connectivity index (χ0v) is 18.0. The molecule has 6 nitrogen and oxygen atoms in total. The Balaban J connectivity index is 1.72. The van der Waals surface area contributed by atoms with Crippen LogP contribution in [0.25, 0.3) is 0 Å². The SMILES string of the molecule is COc1ccc(OC)c(S(=O)(=O)N2CCN(Cc3ccc(Cl)cc3Cl)CC2)c1. The van der Waals surface area contributed by atoms with Crippen LogP contribution in [-0.2, 0) is 16.6 Å². The fourth-order valence-electron chi connectivity index (χ4n) is 3.14. The van der Waals surface area contributed by atoms with Crippen molar-refractivity contribution in [1.82, 2.24) is 9.21 Å². The van der Waals surface area contributed by atoms with Crippen LogP contribution in [0.2, 0.25) is 10.0 Å². The van der Waals surface area contributed by atoms with Crippen molar-refractivity contribution in [2.24, 2.45) is 0 Å². The van der Waals surface area contributed by atoms with E-state index >= 15 is 0 Å². The molecule has 3 rings (SSSR count). The number of halogens is 2. The smallest absolute Gasteiger partial charge is 0.246 e. The number of ether oxygens (including phenoxy) is 2.